The average molecular weight is 413 g/mol. The van der Waals surface area contributed by atoms with Gasteiger partial charge in [0.2, 0.25) is 0 Å². The Morgan fingerprint density at radius 2 is 1.40 bits per heavy atom. The van der Waals surface area contributed by atoms with Gasteiger partial charge in [0.15, 0.2) is 0 Å². The van der Waals surface area contributed by atoms with Gasteiger partial charge in [0.1, 0.15) is 5.70 Å². The predicted molar refractivity (Wildman–Crippen MR) is 112 cm³/mol. The van der Waals surface area contributed by atoms with Gasteiger partial charge in [0, 0.05) is 11.6 Å². The minimum absolute atomic E-state index is 0.0103. The number of esters is 3. The van der Waals surface area contributed by atoms with Crippen LogP contribution in [0.5, 0.6) is 0 Å². The second-order valence-corrected chi connectivity index (χ2v) is 6.36. The molecule has 160 valence electrons. The van der Waals surface area contributed by atoms with Gasteiger partial charge in [-0.05, 0) is 33.3 Å². The summed E-state index contributed by atoms with van der Waals surface area (Å²) in [5.74, 6) is -2.81. The molecule has 0 aromatic heterocycles. The summed E-state index contributed by atoms with van der Waals surface area (Å²) in [6.07, 6.45) is 3.47. The maximum atomic E-state index is 12.8. The highest BCUT2D eigenvalue weighted by molar-refractivity contribution is 6.05. The topological polar surface area (TPSA) is 90.9 Å². The molecular formula is C23H27NO6. The van der Waals surface area contributed by atoms with Crippen molar-refractivity contribution in [3.63, 3.8) is 0 Å². The molecule has 30 heavy (non-hydrogen) atoms. The summed E-state index contributed by atoms with van der Waals surface area (Å²) in [5.41, 5.74) is 1.49. The molecule has 0 bridgehead atoms. The van der Waals surface area contributed by atoms with Crippen molar-refractivity contribution in [2.24, 2.45) is 5.92 Å². The van der Waals surface area contributed by atoms with E-state index in [1.165, 1.54) is 0 Å². The molecule has 7 heteroatoms. The fourth-order valence-corrected chi connectivity index (χ4v) is 3.11. The molecule has 0 aliphatic carbocycles. The molecule has 1 N–H and O–H groups in total. The molecular weight excluding hydrogens is 386 g/mol. The van der Waals surface area contributed by atoms with Crippen LogP contribution in [0.1, 0.15) is 33.3 Å². The molecule has 0 saturated carbocycles. The van der Waals surface area contributed by atoms with Crippen LogP contribution >= 0.6 is 0 Å². The van der Waals surface area contributed by atoms with Crippen LogP contribution < -0.4 is 5.32 Å². The number of allylic oxidation sites excluding steroid dienone is 2. The summed E-state index contributed by atoms with van der Waals surface area (Å²) in [4.78, 5) is 38.1. The Morgan fingerprint density at radius 1 is 0.867 bits per heavy atom. The van der Waals surface area contributed by atoms with Gasteiger partial charge in [-0.25, -0.2) is 14.4 Å². The van der Waals surface area contributed by atoms with Crippen LogP contribution in [0.15, 0.2) is 58.9 Å². The fourth-order valence-electron chi connectivity index (χ4n) is 3.11. The fraction of sp³-hybridized carbons (Fsp3) is 0.348. The molecule has 1 aliphatic rings. The van der Waals surface area contributed by atoms with Crippen LogP contribution in [0.4, 0.5) is 0 Å². The molecule has 0 amide bonds. The van der Waals surface area contributed by atoms with E-state index in [-0.39, 0.29) is 36.7 Å². The van der Waals surface area contributed by atoms with Gasteiger partial charge in [-0.3, -0.25) is 0 Å². The van der Waals surface area contributed by atoms with Gasteiger partial charge < -0.3 is 19.5 Å². The predicted octanol–water partition coefficient (Wildman–Crippen LogP) is 3.14. The van der Waals surface area contributed by atoms with Gasteiger partial charge in [0.25, 0.3) is 0 Å². The van der Waals surface area contributed by atoms with E-state index in [1.54, 1.807) is 39.8 Å². The maximum Gasteiger partial charge on any atom is 0.355 e. The first kappa shape index (κ1) is 22.9. The maximum absolute atomic E-state index is 12.8. The van der Waals surface area contributed by atoms with Gasteiger partial charge >= 0.3 is 17.9 Å². The summed E-state index contributed by atoms with van der Waals surface area (Å²) in [6.45, 7) is 7.12. The van der Waals surface area contributed by atoms with Crippen LogP contribution in [0, 0.1) is 5.92 Å². The zero-order valence-electron chi connectivity index (χ0n) is 17.7. The summed E-state index contributed by atoms with van der Waals surface area (Å²) >= 11 is 0. The second kappa shape index (κ2) is 11.0. The van der Waals surface area contributed by atoms with E-state index in [1.807, 2.05) is 30.3 Å². The van der Waals surface area contributed by atoms with Crippen molar-refractivity contribution in [1.29, 1.82) is 0 Å². The summed E-state index contributed by atoms with van der Waals surface area (Å²) in [7, 11) is 0. The van der Waals surface area contributed by atoms with Crippen molar-refractivity contribution in [3.8, 4) is 0 Å². The average Bonchev–Trinajstić information content (AvgIpc) is 2.72. The Bertz CT molecular complexity index is 882. The highest BCUT2D eigenvalue weighted by Gasteiger charge is 2.39. The first-order chi connectivity index (χ1) is 14.4. The first-order valence-corrected chi connectivity index (χ1v) is 9.91. The SMILES string of the molecule is CCOC(=O)C1=C(C(=O)OCC)C(/C=C/c2ccccc2)C(C(=O)OCC)=C(C)N1. The van der Waals surface area contributed by atoms with Gasteiger partial charge in [0.05, 0.1) is 31.0 Å². The number of carbonyl (C=O) groups excluding carboxylic acids is 3. The molecule has 0 saturated heterocycles. The molecule has 7 nitrogen and oxygen atoms in total. The Labute approximate surface area is 176 Å². The third-order valence-corrected chi connectivity index (χ3v) is 4.36. The number of benzene rings is 1. The first-order valence-electron chi connectivity index (χ1n) is 9.91. The molecule has 0 fully saturated rings. The highest BCUT2D eigenvalue weighted by atomic mass is 16.5. The Kier molecular flexibility index (Phi) is 8.41. The molecule has 1 heterocycles. The Morgan fingerprint density at radius 3 is 1.97 bits per heavy atom. The highest BCUT2D eigenvalue weighted by Crippen LogP contribution is 2.33. The minimum atomic E-state index is -0.844. The second-order valence-electron chi connectivity index (χ2n) is 6.36. The minimum Gasteiger partial charge on any atom is -0.463 e. The van der Waals surface area contributed by atoms with E-state index >= 15 is 0 Å². The number of ether oxygens (including phenoxy) is 3. The van der Waals surface area contributed by atoms with Crippen molar-refractivity contribution in [1.82, 2.24) is 5.32 Å². The molecule has 0 radical (unpaired) electrons. The monoisotopic (exact) mass is 413 g/mol. The van der Waals surface area contributed by atoms with Crippen LogP contribution in [0.3, 0.4) is 0 Å². The summed E-state index contributed by atoms with van der Waals surface area (Å²) in [6, 6.07) is 9.42. The molecule has 1 aliphatic heterocycles. The molecule has 2 rings (SSSR count). The Hall–Kier alpha value is -3.35. The van der Waals surface area contributed by atoms with E-state index in [0.717, 1.165) is 5.56 Å². The number of nitrogens with one attached hydrogen (secondary N) is 1. The number of carbonyl (C=O) groups is 3. The van der Waals surface area contributed by atoms with Gasteiger partial charge in [-0.2, -0.15) is 0 Å². The van der Waals surface area contributed by atoms with Crippen LogP contribution in [0.25, 0.3) is 6.08 Å². The molecule has 1 aromatic rings. The van der Waals surface area contributed by atoms with E-state index in [2.05, 4.69) is 5.32 Å². The van der Waals surface area contributed by atoms with Crippen molar-refractivity contribution in [2.45, 2.75) is 27.7 Å². The largest absolute Gasteiger partial charge is 0.463 e. The number of hydrogen-bond donors (Lipinski definition) is 1. The quantitative estimate of drug-likeness (QED) is 0.517. The summed E-state index contributed by atoms with van der Waals surface area (Å²) < 4.78 is 15.5. The molecule has 1 unspecified atom stereocenters. The number of hydrogen-bond acceptors (Lipinski definition) is 7. The van der Waals surface area contributed by atoms with Crippen LogP contribution in [-0.4, -0.2) is 37.7 Å². The van der Waals surface area contributed by atoms with Gasteiger partial charge in [-0.1, -0.05) is 42.5 Å². The van der Waals surface area contributed by atoms with Gasteiger partial charge in [-0.15, -0.1) is 0 Å². The van der Waals surface area contributed by atoms with Crippen molar-refractivity contribution >= 4 is 24.0 Å². The lowest BCUT2D eigenvalue weighted by atomic mass is 9.84. The van der Waals surface area contributed by atoms with E-state index in [0.29, 0.717) is 5.70 Å². The standard InChI is InChI=1S/C23H27NO6/c1-5-28-21(25)18-15(4)24-20(23(27)30-7-3)19(22(26)29-6-2)17(18)14-13-16-11-9-8-10-12-16/h8-14,17,24H,5-7H2,1-4H3/b14-13+. The molecule has 1 aromatic carbocycles. The lowest BCUT2D eigenvalue weighted by Gasteiger charge is -2.28. The van der Waals surface area contributed by atoms with Crippen molar-refractivity contribution in [2.75, 3.05) is 19.8 Å². The lowest BCUT2D eigenvalue weighted by Crippen LogP contribution is -2.37. The van der Waals surface area contributed by atoms with E-state index in [4.69, 9.17) is 14.2 Å². The number of dihydropyridines is 1. The molecule has 0 spiro atoms. The van der Waals surface area contributed by atoms with Crippen molar-refractivity contribution < 1.29 is 28.6 Å². The smallest absolute Gasteiger partial charge is 0.355 e. The lowest BCUT2D eigenvalue weighted by molar-refractivity contribution is -0.143. The van der Waals surface area contributed by atoms with E-state index < -0.39 is 23.8 Å². The number of rotatable bonds is 8. The zero-order chi connectivity index (χ0) is 22.1. The zero-order valence-corrected chi connectivity index (χ0v) is 17.7. The van der Waals surface area contributed by atoms with E-state index in [9.17, 15) is 14.4 Å². The van der Waals surface area contributed by atoms with Crippen molar-refractivity contribution in [3.05, 3.63) is 64.5 Å². The summed E-state index contributed by atoms with van der Waals surface area (Å²) in [5, 5.41) is 2.86. The third kappa shape index (κ3) is 5.37. The molecule has 1 atom stereocenters. The third-order valence-electron chi connectivity index (χ3n) is 4.36. The normalized spacial score (nSPS) is 16.3. The Balaban J connectivity index is 2.64. The van der Waals surface area contributed by atoms with Crippen LogP contribution in [0.2, 0.25) is 0 Å². The van der Waals surface area contributed by atoms with Crippen LogP contribution in [-0.2, 0) is 28.6 Å².